The molecule has 0 aliphatic carbocycles. The van der Waals surface area contributed by atoms with Gasteiger partial charge in [-0.1, -0.05) is 5.16 Å². The van der Waals surface area contributed by atoms with E-state index in [0.717, 1.165) is 16.7 Å². The average molecular weight is 447 g/mol. The summed E-state index contributed by atoms with van der Waals surface area (Å²) in [5, 5.41) is 8.99. The van der Waals surface area contributed by atoms with E-state index in [-0.39, 0.29) is 23.1 Å². The standard InChI is InChI=1S/C20H26N6O4S/c1-12-17(11-16-13(2)22-24(5)19(16)21-12)20(27)25-7-6-8-26(10-9-25)31(28,29)18-14(3)23-30-15(18)4/h11H,6-10H2,1-5H3. The molecule has 0 bridgehead atoms. The van der Waals surface area contributed by atoms with E-state index in [9.17, 15) is 13.2 Å². The maximum Gasteiger partial charge on any atom is 0.255 e. The zero-order valence-corrected chi connectivity index (χ0v) is 19.2. The molecule has 0 N–H and O–H groups in total. The van der Waals surface area contributed by atoms with Crippen molar-refractivity contribution in [1.29, 1.82) is 0 Å². The van der Waals surface area contributed by atoms with Crippen LogP contribution in [0.1, 0.15) is 39.6 Å². The molecule has 3 aromatic heterocycles. The zero-order valence-electron chi connectivity index (χ0n) is 18.3. The molecule has 0 spiro atoms. The summed E-state index contributed by atoms with van der Waals surface area (Å²) in [7, 11) is -1.92. The summed E-state index contributed by atoms with van der Waals surface area (Å²) < 4.78 is 34.4. The van der Waals surface area contributed by atoms with Gasteiger partial charge in [-0.05, 0) is 40.2 Å². The van der Waals surface area contributed by atoms with Crippen LogP contribution in [0.5, 0.6) is 0 Å². The van der Waals surface area contributed by atoms with Crippen molar-refractivity contribution in [3.05, 3.63) is 34.5 Å². The number of fused-ring (bicyclic) bond motifs is 1. The molecule has 4 heterocycles. The van der Waals surface area contributed by atoms with Gasteiger partial charge in [0.25, 0.3) is 5.91 Å². The van der Waals surface area contributed by atoms with Gasteiger partial charge < -0.3 is 9.42 Å². The van der Waals surface area contributed by atoms with Crippen LogP contribution in [0, 0.1) is 27.7 Å². The van der Waals surface area contributed by atoms with Crippen molar-refractivity contribution < 1.29 is 17.7 Å². The Bertz CT molecular complexity index is 1260. The van der Waals surface area contributed by atoms with Gasteiger partial charge in [-0.2, -0.15) is 9.40 Å². The molecule has 11 heteroatoms. The highest BCUT2D eigenvalue weighted by atomic mass is 32.2. The summed E-state index contributed by atoms with van der Waals surface area (Å²) in [6, 6.07) is 1.84. The number of pyridine rings is 1. The van der Waals surface area contributed by atoms with Gasteiger partial charge in [-0.25, -0.2) is 13.4 Å². The zero-order chi connectivity index (χ0) is 22.5. The Labute approximate surface area is 180 Å². The van der Waals surface area contributed by atoms with Crippen LogP contribution in [0.15, 0.2) is 15.5 Å². The fourth-order valence-corrected chi connectivity index (χ4v) is 5.89. The number of sulfonamides is 1. The molecule has 1 amide bonds. The van der Waals surface area contributed by atoms with Crippen LogP contribution in [0.4, 0.5) is 0 Å². The third-order valence-electron chi connectivity index (χ3n) is 5.73. The third kappa shape index (κ3) is 3.61. The molecule has 0 atom stereocenters. The minimum atomic E-state index is -3.74. The Morgan fingerprint density at radius 3 is 2.45 bits per heavy atom. The summed E-state index contributed by atoms with van der Waals surface area (Å²) in [4.78, 5) is 19.7. The molecular formula is C20H26N6O4S. The van der Waals surface area contributed by atoms with Crippen LogP contribution in [0.3, 0.4) is 0 Å². The summed E-state index contributed by atoms with van der Waals surface area (Å²) in [6.07, 6.45) is 0.537. The largest absolute Gasteiger partial charge is 0.360 e. The minimum absolute atomic E-state index is 0.116. The number of amides is 1. The molecule has 3 aromatic rings. The molecule has 0 aromatic carbocycles. The van der Waals surface area contributed by atoms with E-state index >= 15 is 0 Å². The normalized spacial score (nSPS) is 16.1. The van der Waals surface area contributed by atoms with E-state index in [1.807, 2.05) is 20.0 Å². The Kier molecular flexibility index (Phi) is 5.34. The second kappa shape index (κ2) is 7.72. The Balaban J connectivity index is 1.58. The van der Waals surface area contributed by atoms with Crippen LogP contribution >= 0.6 is 0 Å². The predicted molar refractivity (Wildman–Crippen MR) is 113 cm³/mol. The second-order valence-electron chi connectivity index (χ2n) is 7.90. The SMILES string of the molecule is Cc1nc2c(cc1C(=O)N1CCCN(S(=O)(=O)c3c(C)noc3C)CC1)c(C)nn2C. The number of nitrogens with zero attached hydrogens (tertiary/aromatic N) is 6. The Hall–Kier alpha value is -2.79. The number of aryl methyl sites for hydroxylation is 5. The topological polar surface area (TPSA) is 114 Å². The number of carbonyl (C=O) groups excluding carboxylic acids is 1. The molecule has 0 unspecified atom stereocenters. The van der Waals surface area contributed by atoms with Gasteiger partial charge in [0.2, 0.25) is 10.0 Å². The summed E-state index contributed by atoms with van der Waals surface area (Å²) in [5.74, 6) is 0.128. The number of rotatable bonds is 3. The summed E-state index contributed by atoms with van der Waals surface area (Å²) >= 11 is 0. The number of hydrogen-bond donors (Lipinski definition) is 0. The number of aromatic nitrogens is 4. The lowest BCUT2D eigenvalue weighted by molar-refractivity contribution is 0.0763. The lowest BCUT2D eigenvalue weighted by atomic mass is 10.1. The monoisotopic (exact) mass is 446 g/mol. The number of carbonyl (C=O) groups is 1. The van der Waals surface area contributed by atoms with Crippen molar-refractivity contribution in [2.24, 2.45) is 7.05 Å². The first-order valence-electron chi connectivity index (χ1n) is 10.1. The molecule has 4 rings (SSSR count). The molecule has 1 fully saturated rings. The van der Waals surface area contributed by atoms with Crippen molar-refractivity contribution in [3.63, 3.8) is 0 Å². The average Bonchev–Trinajstić information content (AvgIpc) is 3.06. The van der Waals surface area contributed by atoms with Crippen molar-refractivity contribution in [1.82, 2.24) is 29.1 Å². The molecule has 0 saturated carbocycles. The van der Waals surface area contributed by atoms with E-state index in [4.69, 9.17) is 4.52 Å². The van der Waals surface area contributed by atoms with Crippen molar-refractivity contribution in [2.45, 2.75) is 39.0 Å². The Morgan fingerprint density at radius 2 is 1.77 bits per heavy atom. The summed E-state index contributed by atoms with van der Waals surface area (Å²) in [5.41, 5.74) is 3.04. The van der Waals surface area contributed by atoms with Crippen LogP contribution < -0.4 is 0 Å². The Morgan fingerprint density at radius 1 is 1.03 bits per heavy atom. The van der Waals surface area contributed by atoms with E-state index < -0.39 is 10.0 Å². The van der Waals surface area contributed by atoms with Gasteiger partial charge in [-0.3, -0.25) is 9.48 Å². The smallest absolute Gasteiger partial charge is 0.255 e. The van der Waals surface area contributed by atoms with E-state index in [2.05, 4.69) is 15.2 Å². The first-order chi connectivity index (χ1) is 14.6. The summed E-state index contributed by atoms with van der Waals surface area (Å²) in [6.45, 7) is 8.20. The molecule has 1 saturated heterocycles. The fourth-order valence-electron chi connectivity index (χ4n) is 4.13. The van der Waals surface area contributed by atoms with Crippen molar-refractivity contribution in [2.75, 3.05) is 26.2 Å². The number of hydrogen-bond acceptors (Lipinski definition) is 7. The maximum absolute atomic E-state index is 13.3. The maximum atomic E-state index is 13.3. The third-order valence-corrected chi connectivity index (χ3v) is 7.87. The molecule has 166 valence electrons. The van der Waals surface area contributed by atoms with Crippen LogP contribution in [0.25, 0.3) is 11.0 Å². The van der Waals surface area contributed by atoms with Gasteiger partial charge >= 0.3 is 0 Å². The molecule has 1 aliphatic rings. The lowest BCUT2D eigenvalue weighted by Crippen LogP contribution is -2.37. The molecule has 31 heavy (non-hydrogen) atoms. The minimum Gasteiger partial charge on any atom is -0.360 e. The quantitative estimate of drug-likeness (QED) is 0.602. The molecule has 0 radical (unpaired) electrons. The molecular weight excluding hydrogens is 420 g/mol. The van der Waals surface area contributed by atoms with Crippen molar-refractivity contribution >= 4 is 27.0 Å². The molecule has 1 aliphatic heterocycles. The highest BCUT2D eigenvalue weighted by Crippen LogP contribution is 2.25. The van der Waals surface area contributed by atoms with Gasteiger partial charge in [0.05, 0.1) is 17.0 Å². The first kappa shape index (κ1) is 21.4. The van der Waals surface area contributed by atoms with Crippen LogP contribution in [-0.4, -0.2) is 69.6 Å². The van der Waals surface area contributed by atoms with E-state index in [1.54, 1.807) is 30.4 Å². The van der Waals surface area contributed by atoms with E-state index in [1.165, 1.54) is 4.31 Å². The second-order valence-corrected chi connectivity index (χ2v) is 9.78. The highest BCUT2D eigenvalue weighted by molar-refractivity contribution is 7.89. The fraction of sp³-hybridized carbons (Fsp3) is 0.500. The van der Waals surface area contributed by atoms with Gasteiger partial charge in [-0.15, -0.1) is 0 Å². The predicted octanol–water partition coefficient (Wildman–Crippen LogP) is 1.73. The van der Waals surface area contributed by atoms with Crippen LogP contribution in [0.2, 0.25) is 0 Å². The van der Waals surface area contributed by atoms with Gasteiger partial charge in [0.1, 0.15) is 10.6 Å². The molecule has 10 nitrogen and oxygen atoms in total. The van der Waals surface area contributed by atoms with E-state index in [0.29, 0.717) is 43.0 Å². The van der Waals surface area contributed by atoms with Gasteiger partial charge in [0.15, 0.2) is 11.4 Å². The highest BCUT2D eigenvalue weighted by Gasteiger charge is 2.33. The lowest BCUT2D eigenvalue weighted by Gasteiger charge is -2.22. The first-order valence-corrected chi connectivity index (χ1v) is 11.6. The van der Waals surface area contributed by atoms with Gasteiger partial charge in [0, 0.05) is 38.6 Å². The van der Waals surface area contributed by atoms with Crippen molar-refractivity contribution in [3.8, 4) is 0 Å². The van der Waals surface area contributed by atoms with Crippen LogP contribution in [-0.2, 0) is 17.1 Å².